The number of rotatable bonds is 6. The first-order valence-corrected chi connectivity index (χ1v) is 8.41. The van der Waals surface area contributed by atoms with E-state index in [1.54, 1.807) is 19.2 Å². The van der Waals surface area contributed by atoms with Crippen LogP contribution in [0.5, 0.6) is 0 Å². The van der Waals surface area contributed by atoms with Gasteiger partial charge in [0.2, 0.25) is 10.0 Å². The van der Waals surface area contributed by atoms with E-state index in [9.17, 15) is 8.42 Å². The average molecular weight is 307 g/mol. The number of sulfonamides is 1. The summed E-state index contributed by atoms with van der Waals surface area (Å²) in [4.78, 5) is 0.352. The van der Waals surface area contributed by atoms with Crippen LogP contribution < -0.4 is 0 Å². The van der Waals surface area contributed by atoms with E-state index in [4.69, 9.17) is 4.74 Å². The fraction of sp³-hybridized carbons (Fsp3) is 0.375. The lowest BCUT2D eigenvalue weighted by Gasteiger charge is -2.26. The molecule has 0 aliphatic heterocycles. The molecule has 0 fully saturated rings. The zero-order valence-corrected chi connectivity index (χ0v) is 13.4. The maximum atomic E-state index is 13.0. The van der Waals surface area contributed by atoms with E-state index in [1.807, 2.05) is 44.2 Å². The van der Waals surface area contributed by atoms with Crippen molar-refractivity contribution < 1.29 is 13.2 Å². The van der Waals surface area contributed by atoms with Crippen molar-refractivity contribution in [1.29, 1.82) is 0 Å². The molecule has 21 heavy (non-hydrogen) atoms. The highest BCUT2D eigenvalue weighted by atomic mass is 32.2. The van der Waals surface area contributed by atoms with Crippen molar-refractivity contribution in [3.05, 3.63) is 42.5 Å². The molecule has 0 saturated carbocycles. The fourth-order valence-electron chi connectivity index (χ4n) is 2.38. The molecule has 0 saturated heterocycles. The predicted molar refractivity (Wildman–Crippen MR) is 84.9 cm³/mol. The molecule has 0 amide bonds. The summed E-state index contributed by atoms with van der Waals surface area (Å²) < 4.78 is 32.4. The standard InChI is InChI=1S/C16H21NO3S/c1-13(2)17(11-12-20-3)21(18,19)16-10-6-8-14-7-4-5-9-15(14)16/h4-10,13H,11-12H2,1-3H3. The average Bonchev–Trinajstić information content (AvgIpc) is 2.46. The van der Waals surface area contributed by atoms with Gasteiger partial charge >= 0.3 is 0 Å². The largest absolute Gasteiger partial charge is 0.383 e. The number of ether oxygens (including phenoxy) is 1. The van der Waals surface area contributed by atoms with E-state index >= 15 is 0 Å². The van der Waals surface area contributed by atoms with Crippen molar-refractivity contribution in [2.45, 2.75) is 24.8 Å². The van der Waals surface area contributed by atoms with Gasteiger partial charge in [-0.05, 0) is 25.3 Å². The van der Waals surface area contributed by atoms with Gasteiger partial charge in [-0.25, -0.2) is 8.42 Å². The van der Waals surface area contributed by atoms with Gasteiger partial charge in [0, 0.05) is 25.1 Å². The minimum Gasteiger partial charge on any atom is -0.383 e. The number of hydrogen-bond acceptors (Lipinski definition) is 3. The van der Waals surface area contributed by atoms with Gasteiger partial charge in [-0.3, -0.25) is 0 Å². The van der Waals surface area contributed by atoms with Crippen LogP contribution in [0.25, 0.3) is 10.8 Å². The normalized spacial score (nSPS) is 12.4. The quantitative estimate of drug-likeness (QED) is 0.824. The maximum absolute atomic E-state index is 13.0. The molecule has 2 rings (SSSR count). The maximum Gasteiger partial charge on any atom is 0.243 e. The Kier molecular flexibility index (Phi) is 4.98. The molecule has 2 aromatic carbocycles. The molecule has 0 spiro atoms. The first-order chi connectivity index (χ1) is 9.98. The van der Waals surface area contributed by atoms with Crippen molar-refractivity contribution in [2.75, 3.05) is 20.3 Å². The Balaban J connectivity index is 2.54. The van der Waals surface area contributed by atoms with E-state index in [0.29, 0.717) is 18.0 Å². The first kappa shape index (κ1) is 15.9. The van der Waals surface area contributed by atoms with Crippen LogP contribution in [-0.4, -0.2) is 39.0 Å². The molecule has 114 valence electrons. The van der Waals surface area contributed by atoms with E-state index in [1.165, 1.54) is 4.31 Å². The Hall–Kier alpha value is -1.43. The molecule has 2 aromatic rings. The van der Waals surface area contributed by atoms with Crippen molar-refractivity contribution in [1.82, 2.24) is 4.31 Å². The summed E-state index contributed by atoms with van der Waals surface area (Å²) in [7, 11) is -1.97. The molecule has 5 heteroatoms. The Morgan fingerprint density at radius 1 is 1.10 bits per heavy atom. The monoisotopic (exact) mass is 307 g/mol. The molecule has 0 aliphatic carbocycles. The third kappa shape index (κ3) is 3.26. The third-order valence-electron chi connectivity index (χ3n) is 3.43. The summed E-state index contributed by atoms with van der Waals surface area (Å²) in [5, 5.41) is 1.68. The van der Waals surface area contributed by atoms with Gasteiger partial charge in [-0.1, -0.05) is 36.4 Å². The molecule has 0 radical (unpaired) electrons. The minimum atomic E-state index is -3.55. The zero-order valence-electron chi connectivity index (χ0n) is 12.6. The van der Waals surface area contributed by atoms with Crippen molar-refractivity contribution in [2.24, 2.45) is 0 Å². The predicted octanol–water partition coefficient (Wildman–Crippen LogP) is 2.89. The Morgan fingerprint density at radius 2 is 1.76 bits per heavy atom. The van der Waals surface area contributed by atoms with Crippen LogP contribution in [0.1, 0.15) is 13.8 Å². The highest BCUT2D eigenvalue weighted by Crippen LogP contribution is 2.26. The second-order valence-corrected chi connectivity index (χ2v) is 7.04. The number of hydrogen-bond donors (Lipinski definition) is 0. The molecular weight excluding hydrogens is 286 g/mol. The van der Waals surface area contributed by atoms with Crippen LogP contribution in [0.15, 0.2) is 47.4 Å². The lowest BCUT2D eigenvalue weighted by molar-refractivity contribution is 0.171. The number of nitrogens with zero attached hydrogens (tertiary/aromatic N) is 1. The molecular formula is C16H21NO3S. The lowest BCUT2D eigenvalue weighted by Crippen LogP contribution is -2.39. The third-order valence-corrected chi connectivity index (χ3v) is 5.56. The second-order valence-electron chi connectivity index (χ2n) is 5.18. The number of methoxy groups -OCH3 is 1. The van der Waals surface area contributed by atoms with Gasteiger partial charge in [0.05, 0.1) is 11.5 Å². The van der Waals surface area contributed by atoms with Gasteiger partial charge in [-0.15, -0.1) is 0 Å². The van der Waals surface area contributed by atoms with Gasteiger partial charge in [-0.2, -0.15) is 4.31 Å². The van der Waals surface area contributed by atoms with Crippen LogP contribution in [0.3, 0.4) is 0 Å². The van der Waals surface area contributed by atoms with Crippen molar-refractivity contribution in [3.63, 3.8) is 0 Å². The lowest BCUT2D eigenvalue weighted by atomic mass is 10.1. The molecule has 0 N–H and O–H groups in total. The second kappa shape index (κ2) is 6.56. The number of benzene rings is 2. The minimum absolute atomic E-state index is 0.121. The summed E-state index contributed by atoms with van der Waals surface area (Å²) in [6, 6.07) is 12.8. The summed E-state index contributed by atoms with van der Waals surface area (Å²) in [6.07, 6.45) is 0. The SMILES string of the molecule is COCCN(C(C)C)S(=O)(=O)c1cccc2ccccc12. The highest BCUT2D eigenvalue weighted by molar-refractivity contribution is 7.89. The van der Waals surface area contributed by atoms with Crippen LogP contribution in [0.4, 0.5) is 0 Å². The van der Waals surface area contributed by atoms with E-state index in [-0.39, 0.29) is 6.04 Å². The van der Waals surface area contributed by atoms with Crippen LogP contribution in [0, 0.1) is 0 Å². The molecule has 4 nitrogen and oxygen atoms in total. The Bertz CT molecular complexity index is 705. The first-order valence-electron chi connectivity index (χ1n) is 6.97. The smallest absolute Gasteiger partial charge is 0.243 e. The topological polar surface area (TPSA) is 46.6 Å². The summed E-state index contributed by atoms with van der Waals surface area (Å²) in [6.45, 7) is 4.47. The van der Waals surface area contributed by atoms with Gasteiger partial charge in [0.15, 0.2) is 0 Å². The molecule has 0 aromatic heterocycles. The Morgan fingerprint density at radius 3 is 2.43 bits per heavy atom. The van der Waals surface area contributed by atoms with E-state index in [2.05, 4.69) is 0 Å². The summed E-state index contributed by atoms with van der Waals surface area (Å²) in [5.74, 6) is 0. The van der Waals surface area contributed by atoms with Crippen LogP contribution in [-0.2, 0) is 14.8 Å². The molecule has 0 heterocycles. The summed E-state index contributed by atoms with van der Waals surface area (Å²) >= 11 is 0. The van der Waals surface area contributed by atoms with E-state index in [0.717, 1.165) is 10.8 Å². The van der Waals surface area contributed by atoms with Crippen molar-refractivity contribution in [3.8, 4) is 0 Å². The zero-order chi connectivity index (χ0) is 15.5. The van der Waals surface area contributed by atoms with Crippen LogP contribution in [0.2, 0.25) is 0 Å². The molecule has 0 bridgehead atoms. The van der Waals surface area contributed by atoms with Gasteiger partial charge in [0.1, 0.15) is 0 Å². The van der Waals surface area contributed by atoms with Crippen LogP contribution >= 0.6 is 0 Å². The van der Waals surface area contributed by atoms with Gasteiger partial charge in [0.25, 0.3) is 0 Å². The number of fused-ring (bicyclic) bond motifs is 1. The summed E-state index contributed by atoms with van der Waals surface area (Å²) in [5.41, 5.74) is 0. The molecule has 0 aliphatic rings. The van der Waals surface area contributed by atoms with Crippen molar-refractivity contribution >= 4 is 20.8 Å². The highest BCUT2D eigenvalue weighted by Gasteiger charge is 2.28. The van der Waals surface area contributed by atoms with Gasteiger partial charge < -0.3 is 4.74 Å². The fourth-order valence-corrected chi connectivity index (χ4v) is 4.22. The van der Waals surface area contributed by atoms with E-state index < -0.39 is 10.0 Å². The molecule has 0 unspecified atom stereocenters. The molecule has 0 atom stereocenters. The Labute approximate surface area is 126 Å².